The summed E-state index contributed by atoms with van der Waals surface area (Å²) in [6, 6.07) is 5.78. The maximum Gasteiger partial charge on any atom is 0.222 e. The Morgan fingerprint density at radius 3 is 3.19 bits per heavy atom. The number of aryl methyl sites for hydroxylation is 1. The van der Waals surface area contributed by atoms with E-state index in [1.807, 2.05) is 30.0 Å². The number of rotatable bonds is 6. The van der Waals surface area contributed by atoms with Crippen molar-refractivity contribution in [2.24, 2.45) is 5.92 Å². The highest BCUT2D eigenvalue weighted by Gasteiger charge is 2.23. The van der Waals surface area contributed by atoms with E-state index in [9.17, 15) is 4.79 Å². The summed E-state index contributed by atoms with van der Waals surface area (Å²) in [6.45, 7) is 7.91. The van der Waals surface area contributed by atoms with E-state index >= 15 is 0 Å². The lowest BCUT2D eigenvalue weighted by atomic mass is 9.98. The number of hydrogen-bond acceptors (Lipinski definition) is 3. The quantitative estimate of drug-likeness (QED) is 0.756. The zero-order valence-electron chi connectivity index (χ0n) is 12.8. The van der Waals surface area contributed by atoms with Gasteiger partial charge in [-0.1, -0.05) is 12.1 Å². The van der Waals surface area contributed by atoms with Gasteiger partial charge in [-0.15, -0.1) is 6.58 Å². The fourth-order valence-corrected chi connectivity index (χ4v) is 2.61. The van der Waals surface area contributed by atoms with Gasteiger partial charge in [0.15, 0.2) is 0 Å². The molecule has 4 heteroatoms. The molecule has 0 aliphatic carbocycles. The Morgan fingerprint density at radius 2 is 2.43 bits per heavy atom. The largest absolute Gasteiger partial charge is 0.477 e. The Bertz CT molecular complexity index is 487. The van der Waals surface area contributed by atoms with Crippen LogP contribution in [0.3, 0.4) is 0 Å². The van der Waals surface area contributed by atoms with Gasteiger partial charge in [-0.3, -0.25) is 4.79 Å². The van der Waals surface area contributed by atoms with Gasteiger partial charge in [0, 0.05) is 37.2 Å². The zero-order chi connectivity index (χ0) is 15.1. The molecule has 21 heavy (non-hydrogen) atoms. The number of pyridine rings is 1. The van der Waals surface area contributed by atoms with Crippen LogP contribution in [-0.2, 0) is 4.79 Å². The monoisotopic (exact) mass is 288 g/mol. The normalized spacial score (nSPS) is 18.3. The van der Waals surface area contributed by atoms with Crippen LogP contribution in [-0.4, -0.2) is 35.5 Å². The summed E-state index contributed by atoms with van der Waals surface area (Å²) in [5, 5.41) is 0. The van der Waals surface area contributed by atoms with Crippen molar-refractivity contribution in [3.05, 3.63) is 36.5 Å². The molecule has 0 saturated carbocycles. The lowest BCUT2D eigenvalue weighted by Crippen LogP contribution is -2.41. The minimum atomic E-state index is 0.230. The molecule has 2 rings (SSSR count). The van der Waals surface area contributed by atoms with Gasteiger partial charge in [-0.25, -0.2) is 4.98 Å². The number of amides is 1. The third-order valence-electron chi connectivity index (χ3n) is 3.76. The molecule has 4 nitrogen and oxygen atoms in total. The Balaban J connectivity index is 1.81. The van der Waals surface area contributed by atoms with Gasteiger partial charge in [0.1, 0.15) is 0 Å². The van der Waals surface area contributed by atoms with Crippen LogP contribution in [0.15, 0.2) is 30.9 Å². The first-order valence-corrected chi connectivity index (χ1v) is 7.64. The smallest absolute Gasteiger partial charge is 0.222 e. The molecular weight excluding hydrogens is 264 g/mol. The average Bonchev–Trinajstić information content (AvgIpc) is 2.51. The molecule has 0 spiro atoms. The lowest BCUT2D eigenvalue weighted by molar-refractivity contribution is -0.133. The number of likely N-dealkylation sites (tertiary alicyclic amines) is 1. The standard InChI is InChI=1S/C17H24N2O2/c1-3-4-10-17(20)19-11-6-8-15(12-19)13-21-16-9-5-7-14(2)18-16/h3,5,7,9,15H,1,4,6,8,10-13H2,2H3. The van der Waals surface area contributed by atoms with E-state index in [1.165, 1.54) is 0 Å². The van der Waals surface area contributed by atoms with Crippen LogP contribution < -0.4 is 4.74 Å². The molecule has 1 atom stereocenters. The highest BCUT2D eigenvalue weighted by molar-refractivity contribution is 5.76. The predicted octanol–water partition coefficient (Wildman–Crippen LogP) is 2.97. The second-order valence-electron chi connectivity index (χ2n) is 5.60. The summed E-state index contributed by atoms with van der Waals surface area (Å²) in [6.07, 6.45) is 5.28. The Labute approximate surface area is 126 Å². The summed E-state index contributed by atoms with van der Waals surface area (Å²) in [4.78, 5) is 18.3. The van der Waals surface area contributed by atoms with Crippen LogP contribution >= 0.6 is 0 Å². The molecule has 1 fully saturated rings. The van der Waals surface area contributed by atoms with Gasteiger partial charge in [0.2, 0.25) is 11.8 Å². The van der Waals surface area contributed by atoms with Crippen LogP contribution in [0.4, 0.5) is 0 Å². The van der Waals surface area contributed by atoms with Gasteiger partial charge < -0.3 is 9.64 Å². The number of aromatic nitrogens is 1. The molecule has 114 valence electrons. The second kappa shape index (κ2) is 7.81. The van der Waals surface area contributed by atoms with Crippen LogP contribution in [0, 0.1) is 12.8 Å². The summed E-state index contributed by atoms with van der Waals surface area (Å²) in [5.41, 5.74) is 0.956. The summed E-state index contributed by atoms with van der Waals surface area (Å²) >= 11 is 0. The van der Waals surface area contributed by atoms with Gasteiger partial charge >= 0.3 is 0 Å². The number of ether oxygens (including phenoxy) is 1. The van der Waals surface area contributed by atoms with Crippen molar-refractivity contribution < 1.29 is 9.53 Å². The summed E-state index contributed by atoms with van der Waals surface area (Å²) in [5.74, 6) is 1.30. The predicted molar refractivity (Wildman–Crippen MR) is 83.2 cm³/mol. The zero-order valence-corrected chi connectivity index (χ0v) is 12.8. The molecule has 1 amide bonds. The van der Waals surface area contributed by atoms with E-state index in [2.05, 4.69) is 11.6 Å². The highest BCUT2D eigenvalue weighted by Crippen LogP contribution is 2.19. The topological polar surface area (TPSA) is 42.4 Å². The molecule has 2 heterocycles. The first-order chi connectivity index (χ1) is 10.2. The van der Waals surface area contributed by atoms with Crippen LogP contribution in [0.25, 0.3) is 0 Å². The van der Waals surface area contributed by atoms with E-state index in [4.69, 9.17) is 4.74 Å². The molecular formula is C17H24N2O2. The molecule has 0 bridgehead atoms. The van der Waals surface area contributed by atoms with E-state index in [1.54, 1.807) is 6.08 Å². The fraction of sp³-hybridized carbons (Fsp3) is 0.529. The average molecular weight is 288 g/mol. The molecule has 1 saturated heterocycles. The number of allylic oxidation sites excluding steroid dienone is 1. The fourth-order valence-electron chi connectivity index (χ4n) is 2.61. The number of carbonyl (C=O) groups is 1. The number of nitrogens with zero attached hydrogens (tertiary/aromatic N) is 2. The van der Waals surface area contributed by atoms with Gasteiger partial charge in [-0.2, -0.15) is 0 Å². The molecule has 1 aromatic rings. The first kappa shape index (κ1) is 15.5. The number of hydrogen-bond donors (Lipinski definition) is 0. The van der Waals surface area contributed by atoms with Gasteiger partial charge in [0.25, 0.3) is 0 Å². The minimum Gasteiger partial charge on any atom is -0.477 e. The first-order valence-electron chi connectivity index (χ1n) is 7.64. The Morgan fingerprint density at radius 1 is 1.57 bits per heavy atom. The van der Waals surface area contributed by atoms with E-state index < -0.39 is 0 Å². The van der Waals surface area contributed by atoms with Crippen LogP contribution in [0.2, 0.25) is 0 Å². The number of carbonyl (C=O) groups excluding carboxylic acids is 1. The SMILES string of the molecule is C=CCCC(=O)N1CCCC(COc2cccc(C)n2)C1. The van der Waals surface area contributed by atoms with Crippen molar-refractivity contribution in [2.75, 3.05) is 19.7 Å². The van der Waals surface area contributed by atoms with Crippen molar-refractivity contribution in [2.45, 2.75) is 32.6 Å². The van der Waals surface area contributed by atoms with Gasteiger partial charge in [0.05, 0.1) is 6.61 Å². The lowest BCUT2D eigenvalue weighted by Gasteiger charge is -2.32. The Hall–Kier alpha value is -1.84. The number of piperidine rings is 1. The van der Waals surface area contributed by atoms with E-state index in [0.717, 1.165) is 38.0 Å². The molecule has 1 aliphatic heterocycles. The maximum absolute atomic E-state index is 12.0. The minimum absolute atomic E-state index is 0.230. The molecule has 1 aromatic heterocycles. The molecule has 0 N–H and O–H groups in total. The maximum atomic E-state index is 12.0. The van der Waals surface area contributed by atoms with Crippen molar-refractivity contribution >= 4 is 5.91 Å². The molecule has 0 aromatic carbocycles. The van der Waals surface area contributed by atoms with Crippen molar-refractivity contribution in [1.82, 2.24) is 9.88 Å². The molecule has 1 aliphatic rings. The van der Waals surface area contributed by atoms with Crippen molar-refractivity contribution in [1.29, 1.82) is 0 Å². The summed E-state index contributed by atoms with van der Waals surface area (Å²) < 4.78 is 5.77. The van der Waals surface area contributed by atoms with Crippen LogP contribution in [0.1, 0.15) is 31.4 Å². The van der Waals surface area contributed by atoms with E-state index in [0.29, 0.717) is 24.8 Å². The van der Waals surface area contributed by atoms with Crippen LogP contribution in [0.5, 0.6) is 5.88 Å². The van der Waals surface area contributed by atoms with Crippen molar-refractivity contribution in [3.8, 4) is 5.88 Å². The third-order valence-corrected chi connectivity index (χ3v) is 3.76. The van der Waals surface area contributed by atoms with Crippen molar-refractivity contribution in [3.63, 3.8) is 0 Å². The summed E-state index contributed by atoms with van der Waals surface area (Å²) in [7, 11) is 0. The third kappa shape index (κ3) is 4.88. The molecule has 1 unspecified atom stereocenters. The second-order valence-corrected chi connectivity index (χ2v) is 5.60. The highest BCUT2D eigenvalue weighted by atomic mass is 16.5. The Kier molecular flexibility index (Phi) is 5.78. The van der Waals surface area contributed by atoms with Gasteiger partial charge in [-0.05, 0) is 32.3 Å². The molecule has 0 radical (unpaired) electrons. The van der Waals surface area contributed by atoms with E-state index in [-0.39, 0.29) is 5.91 Å².